The van der Waals surface area contributed by atoms with Crippen molar-refractivity contribution >= 4 is 5.97 Å². The summed E-state index contributed by atoms with van der Waals surface area (Å²) < 4.78 is 5.23. The van der Waals surface area contributed by atoms with Gasteiger partial charge in [0.15, 0.2) is 0 Å². The molecule has 1 heterocycles. The molecule has 0 unspecified atom stereocenters. The van der Waals surface area contributed by atoms with Gasteiger partial charge in [0, 0.05) is 13.2 Å². The molecule has 3 heteroatoms. The summed E-state index contributed by atoms with van der Waals surface area (Å²) in [7, 11) is 0. The summed E-state index contributed by atoms with van der Waals surface area (Å²) in [4.78, 5) is 11.3. The van der Waals surface area contributed by atoms with Gasteiger partial charge in [-0.25, -0.2) is 0 Å². The molecule has 0 radical (unpaired) electrons. The van der Waals surface area contributed by atoms with Gasteiger partial charge >= 0.3 is 5.97 Å². The van der Waals surface area contributed by atoms with Gasteiger partial charge in [-0.2, -0.15) is 0 Å². The summed E-state index contributed by atoms with van der Waals surface area (Å²) in [5, 5.41) is 9.27. The second-order valence-electron chi connectivity index (χ2n) is 4.20. The molecule has 1 saturated heterocycles. The number of carbonyl (C=O) groups is 1. The SMILES string of the molecule is O=C(O)C1(C2CCC2)CCOCC1. The predicted octanol–water partition coefficient (Wildman–Crippen LogP) is 1.67. The van der Waals surface area contributed by atoms with E-state index in [4.69, 9.17) is 4.74 Å². The molecule has 0 aromatic heterocycles. The third-order valence-electron chi connectivity index (χ3n) is 3.70. The van der Waals surface area contributed by atoms with Gasteiger partial charge in [-0.1, -0.05) is 6.42 Å². The minimum absolute atomic E-state index is 0.425. The quantitative estimate of drug-likeness (QED) is 0.710. The molecule has 0 aromatic carbocycles. The normalized spacial score (nSPS) is 28.0. The first-order chi connectivity index (χ1) is 6.26. The molecule has 0 atom stereocenters. The Hall–Kier alpha value is -0.570. The van der Waals surface area contributed by atoms with E-state index < -0.39 is 11.4 Å². The molecule has 1 saturated carbocycles. The van der Waals surface area contributed by atoms with Crippen LogP contribution in [0.4, 0.5) is 0 Å². The van der Waals surface area contributed by atoms with E-state index in [0.29, 0.717) is 32.0 Å². The standard InChI is InChI=1S/C10H16O3/c11-9(12)10(8-2-1-3-8)4-6-13-7-5-10/h8H,1-7H2,(H,11,12). The molecule has 74 valence electrons. The Morgan fingerprint density at radius 2 is 1.92 bits per heavy atom. The fraction of sp³-hybridized carbons (Fsp3) is 0.900. The van der Waals surface area contributed by atoms with E-state index in [1.165, 1.54) is 6.42 Å². The predicted molar refractivity (Wildman–Crippen MR) is 47.5 cm³/mol. The summed E-state index contributed by atoms with van der Waals surface area (Å²) in [5.74, 6) is -0.172. The molecule has 1 aliphatic heterocycles. The van der Waals surface area contributed by atoms with Crippen molar-refractivity contribution in [3.8, 4) is 0 Å². The first-order valence-corrected chi connectivity index (χ1v) is 5.07. The molecule has 2 aliphatic rings. The van der Waals surface area contributed by atoms with Gasteiger partial charge in [0.2, 0.25) is 0 Å². The fourth-order valence-corrected chi connectivity index (χ4v) is 2.49. The minimum atomic E-state index is -0.597. The molecule has 0 amide bonds. The lowest BCUT2D eigenvalue weighted by Crippen LogP contribution is -2.45. The summed E-state index contributed by atoms with van der Waals surface area (Å²) in [6, 6.07) is 0. The van der Waals surface area contributed by atoms with Gasteiger partial charge in [0.1, 0.15) is 0 Å². The van der Waals surface area contributed by atoms with E-state index in [1.807, 2.05) is 0 Å². The molecular formula is C10H16O3. The number of aliphatic carboxylic acids is 1. The van der Waals surface area contributed by atoms with Crippen molar-refractivity contribution in [2.24, 2.45) is 11.3 Å². The molecule has 13 heavy (non-hydrogen) atoms. The average molecular weight is 184 g/mol. The Morgan fingerprint density at radius 1 is 1.31 bits per heavy atom. The number of hydrogen-bond donors (Lipinski definition) is 1. The van der Waals surface area contributed by atoms with Crippen LogP contribution in [-0.4, -0.2) is 24.3 Å². The van der Waals surface area contributed by atoms with Crippen LogP contribution >= 0.6 is 0 Å². The van der Waals surface area contributed by atoms with E-state index >= 15 is 0 Å². The topological polar surface area (TPSA) is 46.5 Å². The highest BCUT2D eigenvalue weighted by Gasteiger charge is 2.48. The van der Waals surface area contributed by atoms with Crippen molar-refractivity contribution in [1.82, 2.24) is 0 Å². The zero-order valence-corrected chi connectivity index (χ0v) is 7.79. The largest absolute Gasteiger partial charge is 0.481 e. The van der Waals surface area contributed by atoms with Crippen molar-refractivity contribution < 1.29 is 14.6 Å². The van der Waals surface area contributed by atoms with Gasteiger partial charge in [-0.15, -0.1) is 0 Å². The number of ether oxygens (including phenoxy) is 1. The van der Waals surface area contributed by atoms with Crippen molar-refractivity contribution in [2.75, 3.05) is 13.2 Å². The summed E-state index contributed by atoms with van der Waals surface area (Å²) in [5.41, 5.74) is -0.434. The van der Waals surface area contributed by atoms with Gasteiger partial charge in [-0.3, -0.25) is 4.79 Å². The molecule has 3 nitrogen and oxygen atoms in total. The van der Waals surface area contributed by atoms with Gasteiger partial charge < -0.3 is 9.84 Å². The van der Waals surface area contributed by atoms with Crippen molar-refractivity contribution in [2.45, 2.75) is 32.1 Å². The molecule has 2 fully saturated rings. The van der Waals surface area contributed by atoms with Crippen LogP contribution in [0.1, 0.15) is 32.1 Å². The maximum atomic E-state index is 11.3. The Morgan fingerprint density at radius 3 is 2.31 bits per heavy atom. The number of carboxylic acids is 1. The van der Waals surface area contributed by atoms with Crippen LogP contribution in [-0.2, 0) is 9.53 Å². The van der Waals surface area contributed by atoms with Crippen molar-refractivity contribution in [1.29, 1.82) is 0 Å². The van der Waals surface area contributed by atoms with Crippen LogP contribution in [0.25, 0.3) is 0 Å². The number of hydrogen-bond acceptors (Lipinski definition) is 2. The molecule has 2 rings (SSSR count). The second kappa shape index (κ2) is 3.29. The Bertz CT molecular complexity index is 202. The van der Waals surface area contributed by atoms with Crippen LogP contribution in [0.2, 0.25) is 0 Å². The van der Waals surface area contributed by atoms with E-state index in [-0.39, 0.29) is 0 Å². The maximum Gasteiger partial charge on any atom is 0.310 e. The lowest BCUT2D eigenvalue weighted by Gasteiger charge is -2.44. The maximum absolute atomic E-state index is 11.3. The molecule has 1 N–H and O–H groups in total. The lowest BCUT2D eigenvalue weighted by atomic mass is 9.61. The van der Waals surface area contributed by atoms with E-state index in [2.05, 4.69) is 0 Å². The monoisotopic (exact) mass is 184 g/mol. The molecule has 0 bridgehead atoms. The van der Waals surface area contributed by atoms with Crippen LogP contribution in [0.5, 0.6) is 0 Å². The number of rotatable bonds is 2. The number of carboxylic acid groups (broad SMARTS) is 1. The summed E-state index contributed by atoms with van der Waals surface area (Å²) in [6.07, 6.45) is 4.85. The summed E-state index contributed by atoms with van der Waals surface area (Å²) >= 11 is 0. The molecule has 1 aliphatic carbocycles. The summed E-state index contributed by atoms with van der Waals surface area (Å²) in [6.45, 7) is 1.26. The highest BCUT2D eigenvalue weighted by Crippen LogP contribution is 2.48. The Balaban J connectivity index is 2.12. The van der Waals surface area contributed by atoms with Crippen molar-refractivity contribution in [3.63, 3.8) is 0 Å². The highest BCUT2D eigenvalue weighted by atomic mass is 16.5. The van der Waals surface area contributed by atoms with Crippen molar-refractivity contribution in [3.05, 3.63) is 0 Å². The van der Waals surface area contributed by atoms with Gasteiger partial charge in [0.25, 0.3) is 0 Å². The lowest BCUT2D eigenvalue weighted by molar-refractivity contribution is -0.163. The third kappa shape index (κ3) is 1.35. The molecule has 0 aromatic rings. The first kappa shape index (κ1) is 9.00. The smallest absolute Gasteiger partial charge is 0.310 e. The zero-order chi connectivity index (χ0) is 9.31. The van der Waals surface area contributed by atoms with E-state index in [1.54, 1.807) is 0 Å². The fourth-order valence-electron chi connectivity index (χ4n) is 2.49. The van der Waals surface area contributed by atoms with Crippen LogP contribution in [0, 0.1) is 11.3 Å². The van der Waals surface area contributed by atoms with Gasteiger partial charge in [-0.05, 0) is 31.6 Å². The average Bonchev–Trinajstić information content (AvgIpc) is 2.02. The van der Waals surface area contributed by atoms with E-state index in [9.17, 15) is 9.90 Å². The highest BCUT2D eigenvalue weighted by molar-refractivity contribution is 5.75. The molecule has 0 spiro atoms. The first-order valence-electron chi connectivity index (χ1n) is 5.07. The van der Waals surface area contributed by atoms with Crippen LogP contribution in [0.3, 0.4) is 0 Å². The zero-order valence-electron chi connectivity index (χ0n) is 7.79. The third-order valence-corrected chi connectivity index (χ3v) is 3.70. The Kier molecular flexibility index (Phi) is 2.28. The van der Waals surface area contributed by atoms with Gasteiger partial charge in [0.05, 0.1) is 5.41 Å². The van der Waals surface area contributed by atoms with Crippen LogP contribution < -0.4 is 0 Å². The van der Waals surface area contributed by atoms with Crippen LogP contribution in [0.15, 0.2) is 0 Å². The van der Waals surface area contributed by atoms with E-state index in [0.717, 1.165) is 12.8 Å². The molecular weight excluding hydrogens is 168 g/mol. The minimum Gasteiger partial charge on any atom is -0.481 e. The second-order valence-corrected chi connectivity index (χ2v) is 4.20. The Labute approximate surface area is 78.1 Å².